The standard InChI is InChI=1S/C21H21N7O7S2/c1-21(2,19(33)34)35-25-11(14-24-20(22)37-26-14)15(29)23-12-16(30)28-13(18(31)32)10(9-36-17(12)28)8-27-6-4-3-5-7-27/h3-7,12,17H,8-9H2,1-2H3,(H4-,22,23,24,26,29,31,32,33,34)/p+1/b25-11+/t12-,17-/m1/s1. The number of nitrogens with zero attached hydrogens (tertiary/aromatic N) is 5. The summed E-state index contributed by atoms with van der Waals surface area (Å²) in [6.07, 6.45) is 3.58. The monoisotopic (exact) mass is 548 g/mol. The minimum absolute atomic E-state index is 0.0294. The molecule has 2 aromatic heterocycles. The number of rotatable bonds is 9. The minimum Gasteiger partial charge on any atom is -0.478 e. The van der Waals surface area contributed by atoms with Crippen LogP contribution in [-0.4, -0.2) is 76.7 Å². The van der Waals surface area contributed by atoms with Crippen molar-refractivity contribution >= 4 is 57.9 Å². The highest BCUT2D eigenvalue weighted by Crippen LogP contribution is 2.40. The summed E-state index contributed by atoms with van der Waals surface area (Å²) in [5, 5.41) is 24.6. The Hall–Kier alpha value is -4.05. The Morgan fingerprint density at radius 2 is 2.00 bits per heavy atom. The Bertz CT molecular complexity index is 1330. The molecular weight excluding hydrogens is 526 g/mol. The number of nitrogens with one attached hydrogen (secondary N) is 1. The molecule has 0 aromatic carbocycles. The summed E-state index contributed by atoms with van der Waals surface area (Å²) in [5.41, 5.74) is 3.78. The molecule has 37 heavy (non-hydrogen) atoms. The molecule has 1 fully saturated rings. The van der Waals surface area contributed by atoms with Gasteiger partial charge in [0.15, 0.2) is 24.1 Å². The summed E-state index contributed by atoms with van der Waals surface area (Å²) in [7, 11) is 0. The van der Waals surface area contributed by atoms with E-state index in [0.717, 1.165) is 16.4 Å². The average molecular weight is 549 g/mol. The molecule has 4 rings (SSSR count). The Kier molecular flexibility index (Phi) is 7.13. The van der Waals surface area contributed by atoms with Gasteiger partial charge in [-0.3, -0.25) is 14.5 Å². The summed E-state index contributed by atoms with van der Waals surface area (Å²) < 4.78 is 5.72. The zero-order valence-electron chi connectivity index (χ0n) is 19.5. The molecule has 16 heteroatoms. The van der Waals surface area contributed by atoms with Crippen LogP contribution in [0.1, 0.15) is 19.7 Å². The first-order valence-corrected chi connectivity index (χ1v) is 12.6. The van der Waals surface area contributed by atoms with Crippen molar-refractivity contribution < 1.29 is 38.8 Å². The molecule has 2 aliphatic rings. The Labute approximate surface area is 218 Å². The summed E-state index contributed by atoms with van der Waals surface area (Å²) in [6, 6.07) is 4.39. The first-order valence-electron chi connectivity index (χ1n) is 10.7. The van der Waals surface area contributed by atoms with Crippen LogP contribution in [0.25, 0.3) is 0 Å². The second-order valence-corrected chi connectivity index (χ2v) is 10.4. The molecule has 2 atom stereocenters. The van der Waals surface area contributed by atoms with E-state index in [1.54, 1.807) is 17.0 Å². The number of amides is 2. The van der Waals surface area contributed by atoms with Crippen molar-refractivity contribution in [2.45, 2.75) is 37.4 Å². The fourth-order valence-corrected chi connectivity index (χ4v) is 5.26. The van der Waals surface area contributed by atoms with Crippen LogP contribution in [0.3, 0.4) is 0 Å². The number of anilines is 1. The molecule has 0 aliphatic carbocycles. The molecule has 0 unspecified atom stereocenters. The van der Waals surface area contributed by atoms with Crippen LogP contribution in [0.4, 0.5) is 5.13 Å². The maximum atomic E-state index is 13.1. The van der Waals surface area contributed by atoms with Crippen LogP contribution in [0.5, 0.6) is 0 Å². The van der Waals surface area contributed by atoms with E-state index in [1.165, 1.54) is 25.6 Å². The molecule has 14 nitrogen and oxygen atoms in total. The lowest BCUT2D eigenvalue weighted by Crippen LogP contribution is -2.71. The van der Waals surface area contributed by atoms with Gasteiger partial charge in [0, 0.05) is 35.0 Å². The Morgan fingerprint density at radius 1 is 1.30 bits per heavy atom. The molecule has 5 N–H and O–H groups in total. The second kappa shape index (κ2) is 10.1. The van der Waals surface area contributed by atoms with Gasteiger partial charge < -0.3 is 26.1 Å². The van der Waals surface area contributed by atoms with Crippen LogP contribution >= 0.6 is 23.3 Å². The van der Waals surface area contributed by atoms with E-state index >= 15 is 0 Å². The largest absolute Gasteiger partial charge is 0.478 e. The van der Waals surface area contributed by atoms with Crippen molar-refractivity contribution in [2.75, 3.05) is 11.5 Å². The highest BCUT2D eigenvalue weighted by atomic mass is 32.2. The number of nitrogens with two attached hydrogens (primary N) is 1. The lowest BCUT2D eigenvalue weighted by atomic mass is 10.0. The molecule has 194 valence electrons. The number of carboxylic acid groups (broad SMARTS) is 2. The number of aromatic nitrogens is 3. The SMILES string of the molecule is CC(C)(O/N=C(/C(=O)N[C@@H]1C(=O)N2C(C(=O)O)=C(C[n+]3ccccc3)CS[C@H]12)c1nsc(N)n1)C(=O)O. The third-order valence-corrected chi connectivity index (χ3v) is 7.32. The number of hydrogen-bond acceptors (Lipinski definition) is 11. The number of oxime groups is 1. The van der Waals surface area contributed by atoms with Crippen LogP contribution in [0.15, 0.2) is 47.0 Å². The number of β-lactam (4-membered cyclic amide) rings is 1. The van der Waals surface area contributed by atoms with Crippen molar-refractivity contribution in [3.8, 4) is 0 Å². The number of nitrogen functional groups attached to an aromatic ring is 1. The molecule has 0 radical (unpaired) electrons. The second-order valence-electron chi connectivity index (χ2n) is 8.47. The Balaban J connectivity index is 1.55. The first kappa shape index (κ1) is 26.0. The average Bonchev–Trinajstić information content (AvgIpc) is 3.28. The van der Waals surface area contributed by atoms with E-state index in [9.17, 15) is 29.4 Å². The van der Waals surface area contributed by atoms with Gasteiger partial charge in [-0.15, -0.1) is 11.8 Å². The van der Waals surface area contributed by atoms with Crippen molar-refractivity contribution in [3.63, 3.8) is 0 Å². The first-order chi connectivity index (χ1) is 17.5. The molecule has 2 aliphatic heterocycles. The topological polar surface area (TPSA) is 201 Å². The van der Waals surface area contributed by atoms with E-state index in [0.29, 0.717) is 11.3 Å². The normalized spacial score (nSPS) is 19.7. The fraction of sp³-hybridized carbons (Fsp3) is 0.333. The third kappa shape index (κ3) is 5.24. The third-order valence-electron chi connectivity index (χ3n) is 5.44. The van der Waals surface area contributed by atoms with Crippen molar-refractivity contribution in [3.05, 3.63) is 47.7 Å². The van der Waals surface area contributed by atoms with E-state index < -0.39 is 46.5 Å². The number of pyridine rings is 1. The van der Waals surface area contributed by atoms with Crippen LogP contribution < -0.4 is 15.6 Å². The maximum Gasteiger partial charge on any atom is 0.352 e. The number of fused-ring (bicyclic) bond motifs is 1. The summed E-state index contributed by atoms with van der Waals surface area (Å²) in [6.45, 7) is 2.75. The van der Waals surface area contributed by atoms with Crippen molar-refractivity contribution in [2.24, 2.45) is 5.16 Å². The van der Waals surface area contributed by atoms with Gasteiger partial charge in [-0.25, -0.2) is 14.2 Å². The molecule has 0 spiro atoms. The number of carbonyl (C=O) groups excluding carboxylic acids is 2. The van der Waals surface area contributed by atoms with Gasteiger partial charge in [-0.05, 0) is 13.8 Å². The highest BCUT2D eigenvalue weighted by molar-refractivity contribution is 8.00. The smallest absolute Gasteiger partial charge is 0.352 e. The summed E-state index contributed by atoms with van der Waals surface area (Å²) in [4.78, 5) is 59.6. The van der Waals surface area contributed by atoms with Gasteiger partial charge in [-0.2, -0.15) is 9.36 Å². The molecule has 0 bridgehead atoms. The highest BCUT2D eigenvalue weighted by Gasteiger charge is 2.55. The van der Waals surface area contributed by atoms with E-state index in [4.69, 9.17) is 10.6 Å². The molecule has 0 saturated carbocycles. The molecular formula is C21H22N7O7S2+. The van der Waals surface area contributed by atoms with Crippen LogP contribution in [0.2, 0.25) is 0 Å². The van der Waals surface area contributed by atoms with Crippen molar-refractivity contribution in [1.82, 2.24) is 19.6 Å². The van der Waals surface area contributed by atoms with Gasteiger partial charge in [-0.1, -0.05) is 11.2 Å². The van der Waals surface area contributed by atoms with Gasteiger partial charge in [0.25, 0.3) is 11.8 Å². The van der Waals surface area contributed by atoms with Gasteiger partial charge in [0.1, 0.15) is 17.1 Å². The number of hydrogen-bond donors (Lipinski definition) is 4. The fourth-order valence-electron chi connectivity index (χ4n) is 3.49. The quantitative estimate of drug-likeness (QED) is 0.135. The number of carboxylic acids is 2. The number of thioether (sulfide) groups is 1. The van der Waals surface area contributed by atoms with Gasteiger partial charge in [0.05, 0.1) is 0 Å². The Morgan fingerprint density at radius 3 is 2.59 bits per heavy atom. The number of carbonyl (C=O) groups is 4. The minimum atomic E-state index is -1.77. The molecule has 4 heterocycles. The lowest BCUT2D eigenvalue weighted by molar-refractivity contribution is -0.689. The van der Waals surface area contributed by atoms with E-state index in [2.05, 4.69) is 19.8 Å². The van der Waals surface area contributed by atoms with Crippen molar-refractivity contribution in [1.29, 1.82) is 0 Å². The summed E-state index contributed by atoms with van der Waals surface area (Å²) >= 11 is 2.09. The zero-order valence-corrected chi connectivity index (χ0v) is 21.2. The predicted octanol–water partition coefficient (Wildman–Crippen LogP) is -0.569. The van der Waals surface area contributed by atoms with E-state index in [-0.39, 0.29) is 23.2 Å². The van der Waals surface area contributed by atoms with Crippen LogP contribution in [0, 0.1) is 0 Å². The van der Waals surface area contributed by atoms with Crippen LogP contribution in [-0.2, 0) is 30.6 Å². The van der Waals surface area contributed by atoms with Gasteiger partial charge >= 0.3 is 11.9 Å². The maximum absolute atomic E-state index is 13.1. The summed E-state index contributed by atoms with van der Waals surface area (Å²) in [5.74, 6) is -3.99. The predicted molar refractivity (Wildman–Crippen MR) is 130 cm³/mol. The molecule has 1 saturated heterocycles. The molecule has 2 aromatic rings. The zero-order chi connectivity index (χ0) is 26.9. The number of aliphatic carboxylic acids is 2. The lowest BCUT2D eigenvalue weighted by Gasteiger charge is -2.49. The van der Waals surface area contributed by atoms with Gasteiger partial charge in [0.2, 0.25) is 17.1 Å². The molecule has 2 amide bonds. The van der Waals surface area contributed by atoms with E-state index in [1.807, 2.05) is 18.2 Å².